The van der Waals surface area contributed by atoms with Crippen molar-refractivity contribution in [1.82, 2.24) is 5.32 Å². The molecule has 3 aromatic carbocycles. The number of benzene rings is 3. The Morgan fingerprint density at radius 2 is 1.62 bits per heavy atom. The molecule has 0 heterocycles. The number of carbonyl (C=O) groups excluding carboxylic acids is 1. The second-order valence-electron chi connectivity index (χ2n) is 7.64. The highest BCUT2D eigenvalue weighted by atomic mass is 16.5. The smallest absolute Gasteiger partial charge is 0.407 e. The molecule has 0 bridgehead atoms. The van der Waals surface area contributed by atoms with Gasteiger partial charge in [-0.2, -0.15) is 0 Å². The average molecular weight is 435 g/mol. The van der Waals surface area contributed by atoms with Crippen LogP contribution in [0.25, 0.3) is 11.1 Å². The van der Waals surface area contributed by atoms with E-state index in [1.54, 1.807) is 0 Å². The first-order valence-corrected chi connectivity index (χ1v) is 10.3. The first kappa shape index (κ1) is 21.7. The van der Waals surface area contributed by atoms with Gasteiger partial charge in [0.2, 0.25) is 0 Å². The number of aliphatic hydroxyl groups excluding tert-OH is 2. The van der Waals surface area contributed by atoms with Gasteiger partial charge in [0, 0.05) is 18.0 Å². The molecule has 0 saturated heterocycles. The maximum absolute atomic E-state index is 12.3. The molecule has 0 radical (unpaired) electrons. The normalized spacial score (nSPS) is 14.2. The number of nitrogens with one attached hydrogen (secondary N) is 1. The number of aromatic hydroxyl groups is 1. The number of hydrogen-bond acceptors (Lipinski definition) is 6. The number of ether oxygens (including phenoxy) is 2. The van der Waals surface area contributed by atoms with Crippen molar-refractivity contribution in [2.24, 2.45) is 0 Å². The lowest BCUT2D eigenvalue weighted by atomic mass is 9.98. The second-order valence-corrected chi connectivity index (χ2v) is 7.64. The van der Waals surface area contributed by atoms with Crippen molar-refractivity contribution in [3.63, 3.8) is 0 Å². The minimum absolute atomic E-state index is 0.0692. The fourth-order valence-corrected chi connectivity index (χ4v) is 4.11. The molecule has 0 saturated carbocycles. The van der Waals surface area contributed by atoms with Gasteiger partial charge in [0.25, 0.3) is 0 Å². The number of fused-ring (bicyclic) bond motifs is 3. The predicted octanol–water partition coefficient (Wildman–Crippen LogP) is 3.33. The average Bonchev–Trinajstić information content (AvgIpc) is 3.14. The number of hydrogen-bond donors (Lipinski definition) is 4. The van der Waals surface area contributed by atoms with Crippen LogP contribution in [0.3, 0.4) is 0 Å². The predicted molar refractivity (Wildman–Crippen MR) is 119 cm³/mol. The third-order valence-corrected chi connectivity index (χ3v) is 5.70. The summed E-state index contributed by atoms with van der Waals surface area (Å²) in [7, 11) is 1.42. The number of amides is 1. The fourth-order valence-electron chi connectivity index (χ4n) is 4.11. The number of aliphatic hydroxyl groups is 2. The molecule has 3 aromatic rings. The van der Waals surface area contributed by atoms with Gasteiger partial charge in [-0.25, -0.2) is 4.79 Å². The van der Waals surface area contributed by atoms with E-state index in [4.69, 9.17) is 9.47 Å². The van der Waals surface area contributed by atoms with E-state index in [0.29, 0.717) is 5.75 Å². The molecule has 166 valence electrons. The van der Waals surface area contributed by atoms with Crippen LogP contribution in [0.2, 0.25) is 0 Å². The first-order valence-electron chi connectivity index (χ1n) is 10.3. The van der Waals surface area contributed by atoms with Crippen molar-refractivity contribution in [2.75, 3.05) is 20.3 Å². The van der Waals surface area contributed by atoms with Crippen LogP contribution in [0.4, 0.5) is 4.79 Å². The van der Waals surface area contributed by atoms with Crippen molar-refractivity contribution in [3.05, 3.63) is 83.4 Å². The highest BCUT2D eigenvalue weighted by molar-refractivity contribution is 5.79. The molecule has 7 nitrogen and oxygen atoms in total. The van der Waals surface area contributed by atoms with Crippen molar-refractivity contribution < 1.29 is 29.6 Å². The third-order valence-electron chi connectivity index (χ3n) is 5.70. The molecule has 7 heteroatoms. The van der Waals surface area contributed by atoms with Gasteiger partial charge in [0.1, 0.15) is 30.3 Å². The van der Waals surface area contributed by atoms with Crippen LogP contribution in [0.15, 0.2) is 66.7 Å². The van der Waals surface area contributed by atoms with E-state index in [0.717, 1.165) is 22.3 Å². The minimum Gasteiger partial charge on any atom is -0.508 e. The molecule has 0 fully saturated rings. The lowest BCUT2D eigenvalue weighted by molar-refractivity contribution is 0.0171. The number of alkyl carbamates (subject to hydrolysis) is 1. The lowest BCUT2D eigenvalue weighted by Gasteiger charge is -2.21. The quantitative estimate of drug-likeness (QED) is 0.453. The van der Waals surface area contributed by atoms with Gasteiger partial charge in [0.15, 0.2) is 0 Å². The zero-order valence-corrected chi connectivity index (χ0v) is 17.6. The molecule has 4 N–H and O–H groups in total. The molecule has 0 spiro atoms. The fraction of sp³-hybridized carbons (Fsp3) is 0.240. The maximum atomic E-state index is 12.3. The van der Waals surface area contributed by atoms with E-state index in [2.05, 4.69) is 17.4 Å². The van der Waals surface area contributed by atoms with E-state index in [1.807, 2.05) is 36.4 Å². The molecular weight excluding hydrogens is 410 g/mol. The third kappa shape index (κ3) is 4.26. The van der Waals surface area contributed by atoms with E-state index in [-0.39, 0.29) is 30.4 Å². The van der Waals surface area contributed by atoms with Crippen LogP contribution in [0, 0.1) is 0 Å². The maximum Gasteiger partial charge on any atom is 0.407 e. The van der Waals surface area contributed by atoms with Crippen LogP contribution in [0.5, 0.6) is 11.5 Å². The Balaban J connectivity index is 1.36. The summed E-state index contributed by atoms with van der Waals surface area (Å²) in [5, 5.41) is 32.9. The van der Waals surface area contributed by atoms with E-state index >= 15 is 0 Å². The molecule has 1 aliphatic carbocycles. The van der Waals surface area contributed by atoms with Crippen LogP contribution in [-0.2, 0) is 4.74 Å². The van der Waals surface area contributed by atoms with E-state index in [9.17, 15) is 20.1 Å². The number of rotatable bonds is 7. The number of carbonyl (C=O) groups is 1. The van der Waals surface area contributed by atoms with Gasteiger partial charge in [-0.05, 0) is 40.5 Å². The van der Waals surface area contributed by atoms with Crippen LogP contribution in [0.1, 0.15) is 28.7 Å². The molecule has 2 atom stereocenters. The van der Waals surface area contributed by atoms with Crippen molar-refractivity contribution >= 4 is 6.09 Å². The molecule has 0 aromatic heterocycles. The molecular formula is C25H25NO6. The standard InChI is InChI=1S/C25H25NO6/c1-31-23-11-10-15(27)12-20(23)24(29)22(28)13-26-25(30)32-14-21-18-8-4-2-6-16(18)17-7-3-5-9-19(17)21/h2-12,21-22,24,27-29H,13-14H2,1H3,(H,26,30). The van der Waals surface area contributed by atoms with Gasteiger partial charge in [0.05, 0.1) is 7.11 Å². The van der Waals surface area contributed by atoms with Crippen molar-refractivity contribution in [2.45, 2.75) is 18.1 Å². The Morgan fingerprint density at radius 1 is 1.00 bits per heavy atom. The summed E-state index contributed by atoms with van der Waals surface area (Å²) in [6.07, 6.45) is -3.39. The summed E-state index contributed by atoms with van der Waals surface area (Å²) in [5.41, 5.74) is 4.70. The van der Waals surface area contributed by atoms with E-state index < -0.39 is 18.3 Å². The topological polar surface area (TPSA) is 108 Å². The van der Waals surface area contributed by atoms with Crippen LogP contribution < -0.4 is 10.1 Å². The Bertz CT molecular complexity index is 1070. The zero-order chi connectivity index (χ0) is 22.7. The monoisotopic (exact) mass is 435 g/mol. The van der Waals surface area contributed by atoms with Gasteiger partial charge < -0.3 is 30.1 Å². The summed E-state index contributed by atoms with van der Waals surface area (Å²) < 4.78 is 10.6. The summed E-state index contributed by atoms with van der Waals surface area (Å²) in [4.78, 5) is 12.3. The summed E-state index contributed by atoms with van der Waals surface area (Å²) in [6, 6.07) is 20.3. The Labute approximate surface area is 185 Å². The number of phenols is 1. The number of phenolic OH excluding ortho intramolecular Hbond substituents is 1. The SMILES string of the molecule is COc1ccc(O)cc1C(O)C(O)CNC(=O)OCC1c2ccccc2-c2ccccc21. The Morgan fingerprint density at radius 3 is 2.25 bits per heavy atom. The molecule has 32 heavy (non-hydrogen) atoms. The first-order chi connectivity index (χ1) is 15.5. The lowest BCUT2D eigenvalue weighted by Crippen LogP contribution is -2.36. The summed E-state index contributed by atoms with van der Waals surface area (Å²) in [5.74, 6) is 0.173. The number of methoxy groups -OCH3 is 1. The molecule has 2 unspecified atom stereocenters. The van der Waals surface area contributed by atoms with Gasteiger partial charge in [-0.15, -0.1) is 0 Å². The second kappa shape index (κ2) is 9.30. The van der Waals surface area contributed by atoms with Crippen molar-refractivity contribution in [3.8, 4) is 22.6 Å². The molecule has 4 rings (SSSR count). The molecule has 0 aliphatic heterocycles. The highest BCUT2D eigenvalue weighted by Gasteiger charge is 2.29. The van der Waals surface area contributed by atoms with Crippen LogP contribution >= 0.6 is 0 Å². The van der Waals surface area contributed by atoms with Crippen molar-refractivity contribution in [1.29, 1.82) is 0 Å². The Kier molecular flexibility index (Phi) is 6.30. The molecule has 1 aliphatic rings. The van der Waals surface area contributed by atoms with Gasteiger partial charge in [-0.3, -0.25) is 0 Å². The highest BCUT2D eigenvalue weighted by Crippen LogP contribution is 2.44. The minimum atomic E-state index is -1.37. The zero-order valence-electron chi connectivity index (χ0n) is 17.6. The Hall–Kier alpha value is -3.55. The molecule has 1 amide bonds. The van der Waals surface area contributed by atoms with Crippen LogP contribution in [-0.4, -0.2) is 47.8 Å². The van der Waals surface area contributed by atoms with Gasteiger partial charge >= 0.3 is 6.09 Å². The largest absolute Gasteiger partial charge is 0.508 e. The summed E-state index contributed by atoms with van der Waals surface area (Å²) >= 11 is 0. The summed E-state index contributed by atoms with van der Waals surface area (Å²) in [6.45, 7) is -0.0878. The van der Waals surface area contributed by atoms with E-state index in [1.165, 1.54) is 25.3 Å². The van der Waals surface area contributed by atoms with Gasteiger partial charge in [-0.1, -0.05) is 48.5 Å².